The van der Waals surface area contributed by atoms with Crippen molar-refractivity contribution >= 4 is 0 Å². The van der Waals surface area contributed by atoms with Crippen molar-refractivity contribution in [3.05, 3.63) is 35.4 Å². The Bertz CT molecular complexity index is 442. The van der Waals surface area contributed by atoms with Crippen LogP contribution in [-0.2, 0) is 9.47 Å². The van der Waals surface area contributed by atoms with E-state index in [0.29, 0.717) is 0 Å². The smallest absolute Gasteiger partial charge is 0.0964 e. The molecule has 2 fully saturated rings. The van der Waals surface area contributed by atoms with Crippen LogP contribution in [0.5, 0.6) is 0 Å². The molecule has 2 saturated heterocycles. The topological polar surface area (TPSA) is 24.9 Å². The molecular formula is C16H22N2O2. The van der Waals surface area contributed by atoms with Gasteiger partial charge in [-0.3, -0.25) is 9.80 Å². The Balaban J connectivity index is 1.37. The summed E-state index contributed by atoms with van der Waals surface area (Å²) in [6.45, 7) is 8.31. The van der Waals surface area contributed by atoms with E-state index in [9.17, 15) is 0 Å². The number of ether oxygens (including phenoxy) is 2. The van der Waals surface area contributed by atoms with E-state index in [2.05, 4.69) is 34.1 Å². The molecule has 0 aliphatic carbocycles. The van der Waals surface area contributed by atoms with Crippen molar-refractivity contribution in [1.29, 1.82) is 0 Å². The second-order valence-electron chi connectivity index (χ2n) is 5.96. The van der Waals surface area contributed by atoms with E-state index >= 15 is 0 Å². The van der Waals surface area contributed by atoms with Crippen molar-refractivity contribution in [3.63, 3.8) is 0 Å². The van der Waals surface area contributed by atoms with E-state index in [-0.39, 0.29) is 12.2 Å². The fourth-order valence-electron chi connectivity index (χ4n) is 3.56. The van der Waals surface area contributed by atoms with Crippen molar-refractivity contribution in [2.45, 2.75) is 12.2 Å². The van der Waals surface area contributed by atoms with Gasteiger partial charge >= 0.3 is 0 Å². The number of hydrogen-bond donors (Lipinski definition) is 0. The molecule has 20 heavy (non-hydrogen) atoms. The van der Waals surface area contributed by atoms with Gasteiger partial charge in [0, 0.05) is 39.3 Å². The highest BCUT2D eigenvalue weighted by atomic mass is 16.5. The van der Waals surface area contributed by atoms with Crippen LogP contribution in [0.4, 0.5) is 0 Å². The minimum Gasteiger partial charge on any atom is -0.379 e. The number of hydrogen-bond acceptors (Lipinski definition) is 4. The van der Waals surface area contributed by atoms with Gasteiger partial charge in [0.15, 0.2) is 0 Å². The third-order valence-corrected chi connectivity index (χ3v) is 4.70. The van der Waals surface area contributed by atoms with E-state index in [4.69, 9.17) is 9.47 Å². The largest absolute Gasteiger partial charge is 0.379 e. The van der Waals surface area contributed by atoms with E-state index in [0.717, 1.165) is 52.5 Å². The number of nitrogens with zero attached hydrogens (tertiary/aromatic N) is 2. The zero-order valence-electron chi connectivity index (χ0n) is 11.8. The molecule has 2 atom stereocenters. The Morgan fingerprint density at radius 2 is 1.50 bits per heavy atom. The van der Waals surface area contributed by atoms with Crippen LogP contribution in [0.3, 0.4) is 0 Å². The average Bonchev–Trinajstić information content (AvgIpc) is 2.78. The molecule has 0 amide bonds. The third kappa shape index (κ3) is 2.37. The molecule has 1 aromatic carbocycles. The van der Waals surface area contributed by atoms with Crippen molar-refractivity contribution in [3.8, 4) is 0 Å². The number of morpholine rings is 2. The molecule has 0 saturated carbocycles. The van der Waals surface area contributed by atoms with Gasteiger partial charge in [0.2, 0.25) is 0 Å². The van der Waals surface area contributed by atoms with Crippen LogP contribution in [0.15, 0.2) is 24.3 Å². The average molecular weight is 274 g/mol. The Labute approximate surface area is 120 Å². The Hall–Kier alpha value is -0.940. The minimum atomic E-state index is 0.287. The first kappa shape index (κ1) is 12.8. The van der Waals surface area contributed by atoms with Crippen LogP contribution in [0.1, 0.15) is 23.3 Å². The number of benzene rings is 1. The molecule has 1 aromatic rings. The third-order valence-electron chi connectivity index (χ3n) is 4.70. The summed E-state index contributed by atoms with van der Waals surface area (Å²) in [5.74, 6) is 0. The molecular weight excluding hydrogens is 252 g/mol. The summed E-state index contributed by atoms with van der Waals surface area (Å²) >= 11 is 0. The summed E-state index contributed by atoms with van der Waals surface area (Å²) in [4.78, 5) is 5.07. The zero-order chi connectivity index (χ0) is 13.4. The summed E-state index contributed by atoms with van der Waals surface area (Å²) < 4.78 is 11.5. The summed E-state index contributed by atoms with van der Waals surface area (Å²) in [5.41, 5.74) is 2.82. The van der Waals surface area contributed by atoms with Gasteiger partial charge in [-0.1, -0.05) is 24.3 Å². The fourth-order valence-corrected chi connectivity index (χ4v) is 3.56. The SMILES string of the molecule is c1ccc2c(c1)C1CN(CCN3CCOCC3)CC2O1. The zero-order valence-corrected chi connectivity index (χ0v) is 11.8. The standard InChI is InChI=1S/C16H22N2O2/c1-2-4-14-13(3-1)15-11-18(12-16(14)20-15)6-5-17-7-9-19-10-8-17/h1-4,15-16H,5-12H2. The van der Waals surface area contributed by atoms with E-state index in [1.54, 1.807) is 0 Å². The molecule has 3 heterocycles. The maximum atomic E-state index is 6.11. The fraction of sp³-hybridized carbons (Fsp3) is 0.625. The maximum Gasteiger partial charge on any atom is 0.0964 e. The van der Waals surface area contributed by atoms with Crippen molar-refractivity contribution in [1.82, 2.24) is 9.80 Å². The molecule has 4 heteroatoms. The predicted molar refractivity (Wildman–Crippen MR) is 76.7 cm³/mol. The van der Waals surface area contributed by atoms with Gasteiger partial charge in [-0.25, -0.2) is 0 Å². The molecule has 3 aliphatic rings. The van der Waals surface area contributed by atoms with Gasteiger partial charge in [-0.15, -0.1) is 0 Å². The van der Waals surface area contributed by atoms with Crippen molar-refractivity contribution in [2.24, 2.45) is 0 Å². The second kappa shape index (κ2) is 5.45. The molecule has 2 bridgehead atoms. The minimum absolute atomic E-state index is 0.287. The van der Waals surface area contributed by atoms with Gasteiger partial charge < -0.3 is 9.47 Å². The predicted octanol–water partition coefficient (Wildman–Crippen LogP) is 1.45. The Morgan fingerprint density at radius 3 is 2.15 bits per heavy atom. The molecule has 0 spiro atoms. The lowest BCUT2D eigenvalue weighted by Gasteiger charge is -2.34. The first-order valence-electron chi connectivity index (χ1n) is 7.67. The lowest BCUT2D eigenvalue weighted by atomic mass is 10.0. The molecule has 4 nitrogen and oxygen atoms in total. The molecule has 0 aromatic heterocycles. The highest BCUT2D eigenvalue weighted by Crippen LogP contribution is 2.42. The van der Waals surface area contributed by atoms with Crippen molar-refractivity contribution in [2.75, 3.05) is 52.5 Å². The second-order valence-corrected chi connectivity index (χ2v) is 5.96. The number of fused-ring (bicyclic) bond motifs is 5. The van der Waals surface area contributed by atoms with Crippen LogP contribution < -0.4 is 0 Å². The van der Waals surface area contributed by atoms with Crippen LogP contribution in [0, 0.1) is 0 Å². The summed E-state index contributed by atoms with van der Waals surface area (Å²) in [6, 6.07) is 8.71. The highest BCUT2D eigenvalue weighted by molar-refractivity contribution is 5.36. The van der Waals surface area contributed by atoms with Gasteiger partial charge in [-0.05, 0) is 11.1 Å². The van der Waals surface area contributed by atoms with Crippen LogP contribution >= 0.6 is 0 Å². The maximum absolute atomic E-state index is 6.11. The Kier molecular flexibility index (Phi) is 3.48. The normalized spacial score (nSPS) is 30.4. The first-order chi connectivity index (χ1) is 9.90. The van der Waals surface area contributed by atoms with Crippen LogP contribution in [0.2, 0.25) is 0 Å². The number of rotatable bonds is 3. The van der Waals surface area contributed by atoms with Crippen LogP contribution in [-0.4, -0.2) is 62.3 Å². The molecule has 108 valence electrons. The molecule has 4 rings (SSSR count). The van der Waals surface area contributed by atoms with Gasteiger partial charge in [0.25, 0.3) is 0 Å². The van der Waals surface area contributed by atoms with Gasteiger partial charge in [0.05, 0.1) is 25.4 Å². The summed E-state index contributed by atoms with van der Waals surface area (Å²) in [5, 5.41) is 0. The van der Waals surface area contributed by atoms with Crippen molar-refractivity contribution < 1.29 is 9.47 Å². The summed E-state index contributed by atoms with van der Waals surface area (Å²) in [6.07, 6.45) is 0.573. The quantitative estimate of drug-likeness (QED) is 0.833. The monoisotopic (exact) mass is 274 g/mol. The van der Waals surface area contributed by atoms with Gasteiger partial charge in [-0.2, -0.15) is 0 Å². The summed E-state index contributed by atoms with van der Waals surface area (Å²) in [7, 11) is 0. The molecule has 0 N–H and O–H groups in total. The van der Waals surface area contributed by atoms with E-state index < -0.39 is 0 Å². The lowest BCUT2D eigenvalue weighted by Crippen LogP contribution is -2.44. The lowest BCUT2D eigenvalue weighted by molar-refractivity contribution is -0.0708. The van der Waals surface area contributed by atoms with Crippen LogP contribution in [0.25, 0.3) is 0 Å². The van der Waals surface area contributed by atoms with Gasteiger partial charge in [0.1, 0.15) is 0 Å². The molecule has 0 radical (unpaired) electrons. The first-order valence-corrected chi connectivity index (χ1v) is 7.67. The Morgan fingerprint density at radius 1 is 0.900 bits per heavy atom. The van der Waals surface area contributed by atoms with E-state index in [1.165, 1.54) is 11.1 Å². The molecule has 2 unspecified atom stereocenters. The van der Waals surface area contributed by atoms with E-state index in [1.807, 2.05) is 0 Å². The highest BCUT2D eigenvalue weighted by Gasteiger charge is 2.38. The molecule has 3 aliphatic heterocycles.